The Morgan fingerprint density at radius 2 is 2.62 bits per heavy atom. The topological polar surface area (TPSA) is 58.6 Å². The summed E-state index contributed by atoms with van der Waals surface area (Å²) in [5.74, 6) is -0.859. The maximum absolute atomic E-state index is 10.7. The van der Waals surface area contributed by atoms with Crippen molar-refractivity contribution in [1.29, 1.82) is 0 Å². The zero-order chi connectivity index (χ0) is 9.68. The molecule has 0 saturated heterocycles. The Morgan fingerprint density at radius 1 is 1.85 bits per heavy atom. The van der Waals surface area contributed by atoms with E-state index in [1.165, 1.54) is 7.11 Å². The zero-order valence-electron chi connectivity index (χ0n) is 7.69. The van der Waals surface area contributed by atoms with Gasteiger partial charge in [-0.05, 0) is 12.8 Å². The third-order valence-electron chi connectivity index (χ3n) is 2.06. The Hall–Kier alpha value is -0.870. The molecule has 0 radical (unpaired) electrons. The molecule has 0 fully saturated rings. The molecule has 0 aromatic rings. The van der Waals surface area contributed by atoms with Gasteiger partial charge < -0.3 is 9.84 Å². The molecule has 1 rings (SSSR count). The average Bonchev–Trinajstić information content (AvgIpc) is 2.56. The summed E-state index contributed by atoms with van der Waals surface area (Å²) in [6.45, 7) is 0.208. The van der Waals surface area contributed by atoms with E-state index in [9.17, 15) is 4.79 Å². The normalized spacial score (nSPS) is 23.3. The van der Waals surface area contributed by atoms with Crippen molar-refractivity contribution < 1.29 is 14.6 Å². The quantitative estimate of drug-likeness (QED) is 0.608. The van der Waals surface area contributed by atoms with Gasteiger partial charge in [0.05, 0.1) is 6.61 Å². The van der Waals surface area contributed by atoms with Gasteiger partial charge in [-0.2, -0.15) is 0 Å². The molecule has 2 atom stereocenters. The smallest absolute Gasteiger partial charge is 0.323 e. The minimum Gasteiger partial charge on any atom is -0.480 e. The number of carbonyl (C=O) groups is 1. The van der Waals surface area contributed by atoms with Gasteiger partial charge in [-0.25, -0.2) is 0 Å². The molecular weight excluding hydrogens is 170 g/mol. The number of aliphatic carboxylic acids is 1. The summed E-state index contributed by atoms with van der Waals surface area (Å²) in [5.41, 5.74) is 0. The number of hydrogen-bond acceptors (Lipinski definition) is 3. The molecule has 2 N–H and O–H groups in total. The van der Waals surface area contributed by atoms with Crippen molar-refractivity contribution in [3.05, 3.63) is 12.2 Å². The second-order valence-electron chi connectivity index (χ2n) is 3.12. The Labute approximate surface area is 77.6 Å². The second-order valence-corrected chi connectivity index (χ2v) is 3.12. The molecule has 1 aliphatic rings. The van der Waals surface area contributed by atoms with Gasteiger partial charge in [0.15, 0.2) is 0 Å². The van der Waals surface area contributed by atoms with Crippen LogP contribution in [0.3, 0.4) is 0 Å². The SMILES string of the molecule is COC[C@H](NC1C=CCC1)C(=O)O. The molecule has 0 bridgehead atoms. The fourth-order valence-electron chi connectivity index (χ4n) is 1.39. The van der Waals surface area contributed by atoms with Crippen molar-refractivity contribution >= 4 is 5.97 Å². The van der Waals surface area contributed by atoms with Crippen molar-refractivity contribution in [2.24, 2.45) is 0 Å². The van der Waals surface area contributed by atoms with E-state index >= 15 is 0 Å². The molecule has 0 amide bonds. The molecule has 0 aliphatic heterocycles. The van der Waals surface area contributed by atoms with Crippen molar-refractivity contribution in [3.8, 4) is 0 Å². The van der Waals surface area contributed by atoms with Gasteiger partial charge >= 0.3 is 5.97 Å². The predicted molar refractivity (Wildman–Crippen MR) is 48.6 cm³/mol. The van der Waals surface area contributed by atoms with Crippen molar-refractivity contribution in [2.45, 2.75) is 24.9 Å². The predicted octanol–water partition coefficient (Wildman–Crippen LogP) is 0.394. The van der Waals surface area contributed by atoms with Crippen LogP contribution in [0.2, 0.25) is 0 Å². The van der Waals surface area contributed by atoms with E-state index in [0.717, 1.165) is 12.8 Å². The van der Waals surface area contributed by atoms with Gasteiger partial charge in [0.1, 0.15) is 6.04 Å². The Balaban J connectivity index is 2.37. The van der Waals surface area contributed by atoms with E-state index in [-0.39, 0.29) is 12.6 Å². The van der Waals surface area contributed by atoms with Crippen LogP contribution in [0.15, 0.2) is 12.2 Å². The third-order valence-corrected chi connectivity index (χ3v) is 2.06. The molecule has 0 saturated carbocycles. The van der Waals surface area contributed by atoms with E-state index in [1.807, 2.05) is 6.08 Å². The summed E-state index contributed by atoms with van der Waals surface area (Å²) in [7, 11) is 1.50. The highest BCUT2D eigenvalue weighted by Gasteiger charge is 2.20. The zero-order valence-corrected chi connectivity index (χ0v) is 7.69. The number of rotatable bonds is 5. The number of carboxylic acid groups (broad SMARTS) is 1. The summed E-state index contributed by atoms with van der Waals surface area (Å²) >= 11 is 0. The standard InChI is InChI=1S/C9H15NO3/c1-13-6-8(9(11)12)10-7-4-2-3-5-7/h2,4,7-8,10H,3,5-6H2,1H3,(H,11,12)/t7?,8-/m0/s1. The van der Waals surface area contributed by atoms with Crippen LogP contribution in [0, 0.1) is 0 Å². The first-order chi connectivity index (χ1) is 6.24. The van der Waals surface area contributed by atoms with Crippen LogP contribution < -0.4 is 5.32 Å². The van der Waals surface area contributed by atoms with Crippen LogP contribution in [-0.4, -0.2) is 36.9 Å². The lowest BCUT2D eigenvalue weighted by atomic mass is 10.2. The van der Waals surface area contributed by atoms with Crippen molar-refractivity contribution in [2.75, 3.05) is 13.7 Å². The molecule has 0 aromatic carbocycles. The molecule has 0 heterocycles. The fourth-order valence-corrected chi connectivity index (χ4v) is 1.39. The van der Waals surface area contributed by atoms with Gasteiger partial charge in [0, 0.05) is 13.2 Å². The number of methoxy groups -OCH3 is 1. The first-order valence-corrected chi connectivity index (χ1v) is 4.38. The molecule has 4 nitrogen and oxygen atoms in total. The van der Waals surface area contributed by atoms with E-state index < -0.39 is 12.0 Å². The lowest BCUT2D eigenvalue weighted by Gasteiger charge is -2.17. The number of hydrogen-bond donors (Lipinski definition) is 2. The summed E-state index contributed by atoms with van der Waals surface area (Å²) in [5, 5.41) is 11.8. The number of carboxylic acids is 1. The van der Waals surface area contributed by atoms with Crippen LogP contribution in [-0.2, 0) is 9.53 Å². The second kappa shape index (κ2) is 4.99. The maximum atomic E-state index is 10.7. The molecule has 1 unspecified atom stereocenters. The van der Waals surface area contributed by atoms with E-state index in [4.69, 9.17) is 9.84 Å². The van der Waals surface area contributed by atoms with Crippen molar-refractivity contribution in [1.82, 2.24) is 5.32 Å². The first-order valence-electron chi connectivity index (χ1n) is 4.38. The van der Waals surface area contributed by atoms with Crippen LogP contribution in [0.1, 0.15) is 12.8 Å². The van der Waals surface area contributed by atoms with Crippen molar-refractivity contribution in [3.63, 3.8) is 0 Å². The van der Waals surface area contributed by atoms with E-state index in [0.29, 0.717) is 0 Å². The van der Waals surface area contributed by atoms with Gasteiger partial charge in [-0.1, -0.05) is 12.2 Å². The van der Waals surface area contributed by atoms with E-state index in [2.05, 4.69) is 11.4 Å². The summed E-state index contributed by atoms with van der Waals surface area (Å²) < 4.78 is 4.81. The largest absolute Gasteiger partial charge is 0.480 e. The highest BCUT2D eigenvalue weighted by molar-refractivity contribution is 5.73. The Morgan fingerprint density at radius 3 is 3.08 bits per heavy atom. The number of ether oxygens (including phenoxy) is 1. The summed E-state index contributed by atoms with van der Waals surface area (Å²) in [6, 6.07) is -0.408. The average molecular weight is 185 g/mol. The maximum Gasteiger partial charge on any atom is 0.323 e. The number of allylic oxidation sites excluding steroid dienone is 1. The lowest BCUT2D eigenvalue weighted by Crippen LogP contribution is -2.44. The molecule has 0 spiro atoms. The molecular formula is C9H15NO3. The van der Waals surface area contributed by atoms with Gasteiger partial charge in [-0.15, -0.1) is 0 Å². The monoisotopic (exact) mass is 185 g/mol. The molecule has 1 aliphatic carbocycles. The van der Waals surface area contributed by atoms with Crippen LogP contribution in [0.5, 0.6) is 0 Å². The Kier molecular flexibility index (Phi) is 3.92. The molecule has 4 heteroatoms. The summed E-state index contributed by atoms with van der Waals surface area (Å²) in [6.07, 6.45) is 6.07. The Bertz CT molecular complexity index is 203. The number of nitrogens with one attached hydrogen (secondary N) is 1. The van der Waals surface area contributed by atoms with Crippen LogP contribution in [0.4, 0.5) is 0 Å². The van der Waals surface area contributed by atoms with Gasteiger partial charge in [0.2, 0.25) is 0 Å². The lowest BCUT2D eigenvalue weighted by molar-refractivity contribution is -0.141. The summed E-state index contributed by atoms with van der Waals surface area (Å²) in [4.78, 5) is 10.7. The minimum absolute atomic E-state index is 0.191. The molecule has 0 aromatic heterocycles. The highest BCUT2D eigenvalue weighted by Crippen LogP contribution is 2.09. The fraction of sp³-hybridized carbons (Fsp3) is 0.667. The van der Waals surface area contributed by atoms with Crippen LogP contribution in [0.25, 0.3) is 0 Å². The molecule has 74 valence electrons. The van der Waals surface area contributed by atoms with Gasteiger partial charge in [-0.3, -0.25) is 10.1 Å². The highest BCUT2D eigenvalue weighted by atomic mass is 16.5. The third kappa shape index (κ3) is 3.16. The minimum atomic E-state index is -0.859. The van der Waals surface area contributed by atoms with E-state index in [1.54, 1.807) is 0 Å². The van der Waals surface area contributed by atoms with Gasteiger partial charge in [0.25, 0.3) is 0 Å². The van der Waals surface area contributed by atoms with Crippen LogP contribution >= 0.6 is 0 Å². The molecule has 13 heavy (non-hydrogen) atoms. The first kappa shape index (κ1) is 10.2.